The normalized spacial score (nSPS) is 19.2. The minimum Gasteiger partial charge on any atom is -0.349 e. The Hall–Kier alpha value is -2.02. The van der Waals surface area contributed by atoms with Crippen molar-refractivity contribution in [3.8, 4) is 0 Å². The average molecular weight is 288 g/mol. The third-order valence-electron chi connectivity index (χ3n) is 4.06. The molecule has 1 saturated heterocycles. The number of hydrogen-bond donors (Lipinski definition) is 1. The van der Waals surface area contributed by atoms with E-state index >= 15 is 0 Å². The minimum absolute atomic E-state index is 0.200. The third-order valence-corrected chi connectivity index (χ3v) is 4.06. The van der Waals surface area contributed by atoms with Gasteiger partial charge < -0.3 is 10.2 Å². The summed E-state index contributed by atoms with van der Waals surface area (Å²) in [6, 6.07) is 2.41. The summed E-state index contributed by atoms with van der Waals surface area (Å²) in [6.45, 7) is 3.69. The molecule has 2 aromatic rings. The van der Waals surface area contributed by atoms with Crippen LogP contribution in [-0.2, 0) is 0 Å². The molecule has 1 aliphatic heterocycles. The van der Waals surface area contributed by atoms with Crippen LogP contribution in [0.25, 0.3) is 5.78 Å². The van der Waals surface area contributed by atoms with E-state index in [1.807, 2.05) is 13.0 Å². The molecule has 0 bridgehead atoms. The highest BCUT2D eigenvalue weighted by molar-refractivity contribution is 5.91. The molecule has 1 unspecified atom stereocenters. The lowest BCUT2D eigenvalue weighted by Gasteiger charge is -2.19. The molecular formula is C14H20N6O. The molecule has 7 heteroatoms. The minimum atomic E-state index is -0.200. The van der Waals surface area contributed by atoms with Crippen LogP contribution in [0.5, 0.6) is 0 Å². The van der Waals surface area contributed by atoms with E-state index in [2.05, 4.69) is 32.4 Å². The zero-order valence-electron chi connectivity index (χ0n) is 12.4. The zero-order chi connectivity index (χ0) is 14.8. The average Bonchev–Trinajstić information content (AvgIpc) is 3.05. The summed E-state index contributed by atoms with van der Waals surface area (Å²) in [7, 11) is 2.14. The number of aryl methyl sites for hydroxylation is 1. The van der Waals surface area contributed by atoms with Crippen LogP contribution in [0.3, 0.4) is 0 Å². The number of rotatable bonds is 4. The first kappa shape index (κ1) is 13.9. The quantitative estimate of drug-likeness (QED) is 0.894. The molecule has 0 spiro atoms. The molecular weight excluding hydrogens is 268 g/mol. The molecule has 1 amide bonds. The second-order valence-electron chi connectivity index (χ2n) is 5.58. The predicted molar refractivity (Wildman–Crippen MR) is 78.1 cm³/mol. The van der Waals surface area contributed by atoms with E-state index in [-0.39, 0.29) is 11.7 Å². The maximum Gasteiger partial charge on any atom is 0.289 e. The van der Waals surface area contributed by atoms with Crippen LogP contribution in [0.15, 0.2) is 12.3 Å². The highest BCUT2D eigenvalue weighted by atomic mass is 16.2. The van der Waals surface area contributed by atoms with Gasteiger partial charge in [0.1, 0.15) is 0 Å². The van der Waals surface area contributed by atoms with Gasteiger partial charge in [-0.1, -0.05) is 0 Å². The van der Waals surface area contributed by atoms with Crippen molar-refractivity contribution in [2.45, 2.75) is 32.2 Å². The van der Waals surface area contributed by atoms with Gasteiger partial charge in [-0.15, -0.1) is 10.2 Å². The van der Waals surface area contributed by atoms with E-state index in [9.17, 15) is 4.79 Å². The summed E-state index contributed by atoms with van der Waals surface area (Å²) in [5, 5.41) is 10.8. The Kier molecular flexibility index (Phi) is 3.83. The lowest BCUT2D eigenvalue weighted by molar-refractivity contribution is 0.0938. The second kappa shape index (κ2) is 5.77. The fraction of sp³-hybridized carbons (Fsp3) is 0.571. The molecule has 0 aromatic carbocycles. The van der Waals surface area contributed by atoms with Crippen molar-refractivity contribution in [1.82, 2.24) is 29.8 Å². The third kappa shape index (κ3) is 2.87. The summed E-state index contributed by atoms with van der Waals surface area (Å²) < 4.78 is 1.62. The van der Waals surface area contributed by atoms with Gasteiger partial charge in [0.15, 0.2) is 0 Å². The molecule has 0 aliphatic carbocycles. The number of likely N-dealkylation sites (tertiary alicyclic amines) is 1. The number of hydrogen-bond acceptors (Lipinski definition) is 5. The number of nitrogens with zero attached hydrogens (tertiary/aromatic N) is 5. The predicted octanol–water partition coefficient (Wildman–Crippen LogP) is 0.647. The Labute approximate surface area is 123 Å². The van der Waals surface area contributed by atoms with Crippen LogP contribution in [0.1, 0.15) is 35.6 Å². The Bertz CT molecular complexity index is 652. The van der Waals surface area contributed by atoms with Gasteiger partial charge in [-0.3, -0.25) is 9.20 Å². The number of carbonyl (C=O) groups excluding carboxylic acids is 1. The number of carbonyl (C=O) groups is 1. The molecule has 21 heavy (non-hydrogen) atoms. The summed E-state index contributed by atoms with van der Waals surface area (Å²) in [6.07, 6.45) is 5.20. The number of aromatic nitrogens is 4. The van der Waals surface area contributed by atoms with Crippen LogP contribution in [0.4, 0.5) is 0 Å². The molecule has 1 N–H and O–H groups in total. The molecule has 3 heterocycles. The molecule has 1 aliphatic rings. The Morgan fingerprint density at radius 3 is 3.10 bits per heavy atom. The van der Waals surface area contributed by atoms with Crippen molar-refractivity contribution in [3.05, 3.63) is 23.8 Å². The van der Waals surface area contributed by atoms with E-state index in [0.717, 1.165) is 18.7 Å². The van der Waals surface area contributed by atoms with Crippen molar-refractivity contribution in [2.24, 2.45) is 0 Å². The lowest BCUT2D eigenvalue weighted by atomic mass is 10.1. The van der Waals surface area contributed by atoms with Crippen LogP contribution >= 0.6 is 0 Å². The first-order valence-corrected chi connectivity index (χ1v) is 7.32. The Morgan fingerprint density at radius 2 is 2.33 bits per heavy atom. The Balaban J connectivity index is 1.62. The van der Waals surface area contributed by atoms with E-state index in [0.29, 0.717) is 18.4 Å². The molecule has 112 valence electrons. The lowest BCUT2D eigenvalue weighted by Crippen LogP contribution is -2.32. The fourth-order valence-electron chi connectivity index (χ4n) is 2.80. The fourth-order valence-corrected chi connectivity index (χ4v) is 2.80. The zero-order valence-corrected chi connectivity index (χ0v) is 12.4. The number of amides is 1. The van der Waals surface area contributed by atoms with E-state index in [1.165, 1.54) is 12.8 Å². The van der Waals surface area contributed by atoms with Gasteiger partial charge in [0.25, 0.3) is 11.7 Å². The molecule has 1 atom stereocenters. The molecule has 1 fully saturated rings. The van der Waals surface area contributed by atoms with Crippen LogP contribution < -0.4 is 5.32 Å². The number of fused-ring (bicyclic) bond motifs is 1. The highest BCUT2D eigenvalue weighted by Gasteiger charge is 2.21. The first-order valence-electron chi connectivity index (χ1n) is 7.32. The summed E-state index contributed by atoms with van der Waals surface area (Å²) in [5.41, 5.74) is 0.853. The standard InChI is InChI=1S/C14H20N6O/c1-10-6-9-20-12(17-18-14(20)16-10)13(21)15-7-5-11-4-3-8-19(11)2/h6,9,11H,3-5,7-8H2,1-2H3,(H,15,21). The smallest absolute Gasteiger partial charge is 0.289 e. The SMILES string of the molecule is Cc1ccn2c(C(=O)NCCC3CCCN3C)nnc2n1. The van der Waals surface area contributed by atoms with Crippen LogP contribution in [0, 0.1) is 6.92 Å². The van der Waals surface area contributed by atoms with Gasteiger partial charge in [-0.2, -0.15) is 0 Å². The Morgan fingerprint density at radius 1 is 1.48 bits per heavy atom. The first-order chi connectivity index (χ1) is 10.1. The van der Waals surface area contributed by atoms with Gasteiger partial charge in [0, 0.05) is 24.5 Å². The van der Waals surface area contributed by atoms with Gasteiger partial charge >= 0.3 is 0 Å². The van der Waals surface area contributed by atoms with Gasteiger partial charge in [0.2, 0.25) is 5.82 Å². The summed E-state index contributed by atoms with van der Waals surface area (Å²) in [4.78, 5) is 18.8. The van der Waals surface area contributed by atoms with Crippen LogP contribution in [-0.4, -0.2) is 56.6 Å². The molecule has 0 saturated carbocycles. The summed E-state index contributed by atoms with van der Waals surface area (Å²) in [5.74, 6) is 0.543. The maximum atomic E-state index is 12.2. The monoisotopic (exact) mass is 288 g/mol. The van der Waals surface area contributed by atoms with Crippen molar-refractivity contribution < 1.29 is 4.79 Å². The van der Waals surface area contributed by atoms with Crippen molar-refractivity contribution in [1.29, 1.82) is 0 Å². The topological polar surface area (TPSA) is 75.4 Å². The number of nitrogens with one attached hydrogen (secondary N) is 1. The van der Waals surface area contributed by atoms with Crippen LogP contribution in [0.2, 0.25) is 0 Å². The molecule has 3 rings (SSSR count). The van der Waals surface area contributed by atoms with Crippen molar-refractivity contribution in [2.75, 3.05) is 20.1 Å². The summed E-state index contributed by atoms with van der Waals surface area (Å²) >= 11 is 0. The van der Waals surface area contributed by atoms with Gasteiger partial charge in [0.05, 0.1) is 0 Å². The largest absolute Gasteiger partial charge is 0.349 e. The van der Waals surface area contributed by atoms with Crippen molar-refractivity contribution in [3.63, 3.8) is 0 Å². The second-order valence-corrected chi connectivity index (χ2v) is 5.58. The van der Waals surface area contributed by atoms with E-state index < -0.39 is 0 Å². The van der Waals surface area contributed by atoms with Gasteiger partial charge in [-0.05, 0) is 45.8 Å². The highest BCUT2D eigenvalue weighted by Crippen LogP contribution is 2.17. The van der Waals surface area contributed by atoms with E-state index in [1.54, 1.807) is 10.6 Å². The molecule has 0 radical (unpaired) electrons. The van der Waals surface area contributed by atoms with Gasteiger partial charge in [-0.25, -0.2) is 4.98 Å². The maximum absolute atomic E-state index is 12.2. The van der Waals surface area contributed by atoms with E-state index in [4.69, 9.17) is 0 Å². The molecule has 2 aromatic heterocycles. The van der Waals surface area contributed by atoms with Crippen molar-refractivity contribution >= 4 is 11.7 Å². The molecule has 7 nitrogen and oxygen atoms in total.